The summed E-state index contributed by atoms with van der Waals surface area (Å²) in [4.78, 5) is 1.28. The molecule has 4 rings (SSSR count). The topological polar surface area (TPSA) is 90.2 Å². The predicted octanol–water partition coefficient (Wildman–Crippen LogP) is 2.70. The van der Waals surface area contributed by atoms with E-state index in [1.54, 1.807) is 12.1 Å². The van der Waals surface area contributed by atoms with Gasteiger partial charge in [0.2, 0.25) is 0 Å². The molecule has 0 amide bonds. The molecule has 1 heterocycles. The van der Waals surface area contributed by atoms with E-state index < -0.39 is 37.1 Å². The summed E-state index contributed by atoms with van der Waals surface area (Å²) >= 11 is 8.32. The molecule has 1 saturated heterocycles. The van der Waals surface area contributed by atoms with Gasteiger partial charge in [-0.05, 0) is 54.2 Å². The fourth-order valence-electron chi connectivity index (χ4n) is 3.57. The third-order valence-electron chi connectivity index (χ3n) is 5.44. The van der Waals surface area contributed by atoms with Crippen LogP contribution in [0.2, 0.25) is 5.02 Å². The fourth-order valence-corrected chi connectivity index (χ4v) is 4.80. The van der Waals surface area contributed by atoms with Gasteiger partial charge in [0.1, 0.15) is 30.5 Å². The van der Waals surface area contributed by atoms with E-state index in [0.29, 0.717) is 17.0 Å². The summed E-state index contributed by atoms with van der Waals surface area (Å²) in [6, 6.07) is 13.8. The predicted molar refractivity (Wildman–Crippen MR) is 112 cm³/mol. The largest absolute Gasteiger partial charge is 0.394 e. The maximum absolute atomic E-state index is 10.4. The van der Waals surface area contributed by atoms with Gasteiger partial charge in [0.25, 0.3) is 0 Å². The number of aliphatic hydroxyl groups is 4. The van der Waals surface area contributed by atoms with E-state index in [0.717, 1.165) is 16.4 Å². The van der Waals surface area contributed by atoms with Crippen molar-refractivity contribution in [1.29, 1.82) is 0 Å². The van der Waals surface area contributed by atoms with E-state index in [1.165, 1.54) is 17.7 Å². The lowest BCUT2D eigenvalue weighted by molar-refractivity contribution is -0.231. The van der Waals surface area contributed by atoms with Crippen LogP contribution >= 0.6 is 23.4 Å². The Balaban J connectivity index is 1.52. The SMILES string of the molecule is OC[C@H]1O[C@@H](c2ccc(Cl)c(Cc3ccc(SC4CC4)cc3)c2)[C@H](O)[C@@H](O)[C@@H]1O. The minimum absolute atomic E-state index is 0.451. The molecule has 2 aromatic carbocycles. The molecule has 156 valence electrons. The van der Waals surface area contributed by atoms with Crippen LogP contribution in [0.1, 0.15) is 35.6 Å². The van der Waals surface area contributed by atoms with Crippen LogP contribution in [0, 0.1) is 0 Å². The van der Waals surface area contributed by atoms with Crippen molar-refractivity contribution >= 4 is 23.4 Å². The van der Waals surface area contributed by atoms with E-state index in [-0.39, 0.29) is 0 Å². The quantitative estimate of drug-likeness (QED) is 0.556. The maximum atomic E-state index is 10.4. The molecule has 0 spiro atoms. The molecule has 5 nitrogen and oxygen atoms in total. The number of aliphatic hydroxyl groups excluding tert-OH is 4. The van der Waals surface area contributed by atoms with Gasteiger partial charge in [-0.15, -0.1) is 11.8 Å². The molecule has 0 bridgehead atoms. The Morgan fingerprint density at radius 1 is 0.966 bits per heavy atom. The smallest absolute Gasteiger partial charge is 0.113 e. The van der Waals surface area contributed by atoms with E-state index in [1.807, 2.05) is 17.8 Å². The zero-order valence-corrected chi connectivity index (χ0v) is 17.4. The minimum atomic E-state index is -1.40. The Kier molecular flexibility index (Phi) is 6.51. The zero-order valence-electron chi connectivity index (χ0n) is 15.8. The average Bonchev–Trinajstić information content (AvgIpc) is 3.54. The summed E-state index contributed by atoms with van der Waals surface area (Å²) in [6.45, 7) is -0.451. The summed E-state index contributed by atoms with van der Waals surface area (Å²) in [6.07, 6.45) is -2.65. The first-order valence-corrected chi connectivity index (χ1v) is 11.1. The summed E-state index contributed by atoms with van der Waals surface area (Å²) in [5, 5.41) is 41.2. The second-order valence-corrected chi connectivity index (χ2v) is 9.52. The van der Waals surface area contributed by atoms with Gasteiger partial charge in [0.15, 0.2) is 0 Å². The van der Waals surface area contributed by atoms with Gasteiger partial charge in [0.05, 0.1) is 6.61 Å². The number of benzene rings is 2. The number of hydrogen-bond acceptors (Lipinski definition) is 6. The lowest BCUT2D eigenvalue weighted by Gasteiger charge is -2.40. The zero-order chi connectivity index (χ0) is 20.5. The Labute approximate surface area is 179 Å². The Bertz CT molecular complexity index is 840. The van der Waals surface area contributed by atoms with Crippen molar-refractivity contribution in [2.24, 2.45) is 0 Å². The lowest BCUT2D eigenvalue weighted by atomic mass is 9.90. The van der Waals surface area contributed by atoms with Crippen LogP contribution in [0.5, 0.6) is 0 Å². The van der Waals surface area contributed by atoms with Crippen LogP contribution in [0.3, 0.4) is 0 Å². The molecule has 5 atom stereocenters. The van der Waals surface area contributed by atoms with Crippen molar-refractivity contribution in [3.63, 3.8) is 0 Å². The van der Waals surface area contributed by atoms with Gasteiger partial charge in [-0.1, -0.05) is 35.9 Å². The first-order chi connectivity index (χ1) is 14.0. The number of halogens is 1. The molecule has 0 unspecified atom stereocenters. The number of ether oxygens (including phenoxy) is 1. The first kappa shape index (κ1) is 21.1. The first-order valence-electron chi connectivity index (χ1n) is 9.80. The van der Waals surface area contributed by atoms with E-state index in [9.17, 15) is 20.4 Å². The minimum Gasteiger partial charge on any atom is -0.394 e. The molecule has 2 aromatic rings. The lowest BCUT2D eigenvalue weighted by Crippen LogP contribution is -2.55. The van der Waals surface area contributed by atoms with Crippen molar-refractivity contribution < 1.29 is 25.2 Å². The monoisotopic (exact) mass is 436 g/mol. The van der Waals surface area contributed by atoms with Gasteiger partial charge in [-0.3, -0.25) is 0 Å². The van der Waals surface area contributed by atoms with Crippen LogP contribution < -0.4 is 0 Å². The average molecular weight is 437 g/mol. The highest BCUT2D eigenvalue weighted by atomic mass is 35.5. The second kappa shape index (κ2) is 8.94. The van der Waals surface area contributed by atoms with Crippen LogP contribution in [0.25, 0.3) is 0 Å². The highest BCUT2D eigenvalue weighted by Crippen LogP contribution is 2.39. The molecular formula is C22H25ClO5S. The van der Waals surface area contributed by atoms with Crippen molar-refractivity contribution in [2.75, 3.05) is 6.61 Å². The summed E-state index contributed by atoms with van der Waals surface area (Å²) in [7, 11) is 0. The molecule has 29 heavy (non-hydrogen) atoms. The van der Waals surface area contributed by atoms with Crippen molar-refractivity contribution in [2.45, 2.75) is 59.9 Å². The van der Waals surface area contributed by atoms with Crippen molar-refractivity contribution in [3.05, 3.63) is 64.2 Å². The summed E-state index contributed by atoms with van der Waals surface area (Å²) < 4.78 is 5.66. The second-order valence-electron chi connectivity index (χ2n) is 7.74. The normalized spacial score (nSPS) is 29.8. The third kappa shape index (κ3) is 4.80. The Morgan fingerprint density at radius 3 is 2.34 bits per heavy atom. The van der Waals surface area contributed by atoms with Crippen molar-refractivity contribution in [3.8, 4) is 0 Å². The number of thioether (sulfide) groups is 1. The van der Waals surface area contributed by atoms with Gasteiger partial charge in [0, 0.05) is 15.2 Å². The molecule has 2 fully saturated rings. The highest BCUT2D eigenvalue weighted by molar-refractivity contribution is 8.00. The number of hydrogen-bond donors (Lipinski definition) is 4. The maximum Gasteiger partial charge on any atom is 0.113 e. The molecular weight excluding hydrogens is 412 g/mol. The number of rotatable bonds is 6. The van der Waals surface area contributed by atoms with E-state index >= 15 is 0 Å². The van der Waals surface area contributed by atoms with Gasteiger partial charge in [-0.2, -0.15) is 0 Å². The van der Waals surface area contributed by atoms with Gasteiger partial charge >= 0.3 is 0 Å². The van der Waals surface area contributed by atoms with Gasteiger partial charge in [-0.25, -0.2) is 0 Å². The molecule has 1 aliphatic heterocycles. The highest BCUT2D eigenvalue weighted by Gasteiger charge is 2.44. The Hall–Kier alpha value is -1.12. The Morgan fingerprint density at radius 2 is 1.69 bits per heavy atom. The molecule has 2 aliphatic rings. The molecule has 1 aliphatic carbocycles. The molecule has 0 aromatic heterocycles. The van der Waals surface area contributed by atoms with Gasteiger partial charge < -0.3 is 25.2 Å². The van der Waals surface area contributed by atoms with E-state index in [2.05, 4.69) is 24.3 Å². The van der Waals surface area contributed by atoms with E-state index in [4.69, 9.17) is 16.3 Å². The van der Waals surface area contributed by atoms with Crippen molar-refractivity contribution in [1.82, 2.24) is 0 Å². The fraction of sp³-hybridized carbons (Fsp3) is 0.455. The van der Waals surface area contributed by atoms with Crippen LogP contribution in [-0.4, -0.2) is 56.7 Å². The van der Waals surface area contributed by atoms with Crippen LogP contribution in [0.4, 0.5) is 0 Å². The van der Waals surface area contributed by atoms with Crippen LogP contribution in [0.15, 0.2) is 47.4 Å². The summed E-state index contributed by atoms with van der Waals surface area (Å²) in [5.41, 5.74) is 2.64. The molecule has 4 N–H and O–H groups in total. The summed E-state index contributed by atoms with van der Waals surface area (Å²) in [5.74, 6) is 0. The molecule has 7 heteroatoms. The third-order valence-corrected chi connectivity index (χ3v) is 7.15. The standard InChI is InChI=1S/C22H25ClO5S/c23-17-8-3-13(22-21(27)20(26)19(25)18(11-24)28-22)10-14(17)9-12-1-4-15(5-2-12)29-16-6-7-16/h1-5,8,10,16,18-22,24-27H,6-7,9,11H2/t18-,19-,20+,21-,22+/m1/s1. The van der Waals surface area contributed by atoms with Crippen LogP contribution in [-0.2, 0) is 11.2 Å². The molecule has 1 saturated carbocycles. The molecule has 0 radical (unpaired) electrons.